The summed E-state index contributed by atoms with van der Waals surface area (Å²) < 4.78 is 0. The Morgan fingerprint density at radius 3 is 1.37 bits per heavy atom. The lowest BCUT2D eigenvalue weighted by atomic mass is 10.0. The number of hydrogen-bond acceptors (Lipinski definition) is 4. The fourth-order valence-electron chi connectivity index (χ4n) is 2.22. The van der Waals surface area contributed by atoms with Crippen LogP contribution >= 0.6 is 0 Å². The Kier molecular flexibility index (Phi) is 8.11. The average molecular weight is 270 g/mol. The molecule has 0 aliphatic carbocycles. The van der Waals surface area contributed by atoms with Gasteiger partial charge in [-0.3, -0.25) is 9.59 Å². The summed E-state index contributed by atoms with van der Waals surface area (Å²) in [6, 6.07) is 0.928. The molecule has 2 saturated heterocycles. The van der Waals surface area contributed by atoms with Crippen molar-refractivity contribution in [2.75, 3.05) is 27.2 Å². The molecule has 2 fully saturated rings. The highest BCUT2D eigenvalue weighted by molar-refractivity contribution is 5.80. The van der Waals surface area contributed by atoms with Crippen molar-refractivity contribution >= 4 is 11.6 Å². The average Bonchev–Trinajstić information content (AvgIpc) is 2.30. The number of likely N-dealkylation sites (tertiary alicyclic amines) is 2. The SMILES string of the molecule is C.C[C@@H]1CC(=O)CCN1C.C[C@H]1CC(=O)CCN1C. The molecule has 0 radical (unpaired) electrons. The van der Waals surface area contributed by atoms with Crippen LogP contribution in [0.15, 0.2) is 0 Å². The van der Waals surface area contributed by atoms with Gasteiger partial charge in [-0.25, -0.2) is 0 Å². The molecular weight excluding hydrogens is 240 g/mol. The van der Waals surface area contributed by atoms with Crippen molar-refractivity contribution in [2.24, 2.45) is 0 Å². The maximum Gasteiger partial charge on any atom is 0.135 e. The predicted molar refractivity (Wildman–Crippen MR) is 79.4 cm³/mol. The van der Waals surface area contributed by atoms with Gasteiger partial charge in [0, 0.05) is 50.9 Å². The number of hydrogen-bond donors (Lipinski definition) is 0. The lowest BCUT2D eigenvalue weighted by molar-refractivity contribution is -0.123. The van der Waals surface area contributed by atoms with Crippen LogP contribution in [0.4, 0.5) is 0 Å². The van der Waals surface area contributed by atoms with E-state index in [9.17, 15) is 9.59 Å². The topological polar surface area (TPSA) is 40.6 Å². The first-order valence-corrected chi connectivity index (χ1v) is 6.84. The van der Waals surface area contributed by atoms with Crippen LogP contribution in [0.2, 0.25) is 0 Å². The highest BCUT2D eigenvalue weighted by Gasteiger charge is 2.19. The van der Waals surface area contributed by atoms with Crippen LogP contribution in [0, 0.1) is 0 Å². The Balaban J connectivity index is 0.000000324. The number of piperidine rings is 2. The molecule has 0 amide bonds. The minimum Gasteiger partial charge on any atom is -0.303 e. The summed E-state index contributed by atoms with van der Waals surface area (Å²) in [4.78, 5) is 26.0. The van der Waals surface area contributed by atoms with Crippen LogP contribution in [0.25, 0.3) is 0 Å². The summed E-state index contributed by atoms with van der Waals surface area (Å²) in [6.07, 6.45) is 2.99. The predicted octanol–water partition coefficient (Wildman–Crippen LogP) is 1.98. The Morgan fingerprint density at radius 1 is 0.842 bits per heavy atom. The van der Waals surface area contributed by atoms with Crippen LogP contribution in [-0.4, -0.2) is 60.6 Å². The van der Waals surface area contributed by atoms with Gasteiger partial charge in [-0.15, -0.1) is 0 Å². The van der Waals surface area contributed by atoms with E-state index in [2.05, 4.69) is 37.7 Å². The van der Waals surface area contributed by atoms with E-state index in [-0.39, 0.29) is 7.43 Å². The first-order valence-electron chi connectivity index (χ1n) is 6.84. The highest BCUT2D eigenvalue weighted by atomic mass is 16.1. The normalized spacial score (nSPS) is 29.3. The minimum atomic E-state index is 0. The van der Waals surface area contributed by atoms with Crippen LogP contribution in [0.3, 0.4) is 0 Å². The van der Waals surface area contributed by atoms with Crippen LogP contribution in [-0.2, 0) is 9.59 Å². The molecule has 2 heterocycles. The lowest BCUT2D eigenvalue weighted by Gasteiger charge is -2.28. The van der Waals surface area contributed by atoms with E-state index in [0.717, 1.165) is 38.8 Å². The maximum absolute atomic E-state index is 10.8. The third-order valence-corrected chi connectivity index (χ3v) is 4.04. The zero-order chi connectivity index (χ0) is 13.7. The molecule has 19 heavy (non-hydrogen) atoms. The summed E-state index contributed by atoms with van der Waals surface area (Å²) in [5.41, 5.74) is 0. The van der Waals surface area contributed by atoms with E-state index < -0.39 is 0 Å². The molecular formula is C15H30N2O2. The van der Waals surface area contributed by atoms with E-state index in [0.29, 0.717) is 23.7 Å². The molecule has 2 aliphatic heterocycles. The number of carbonyl (C=O) groups is 2. The summed E-state index contributed by atoms with van der Waals surface area (Å²) in [5.74, 6) is 0.834. The van der Waals surface area contributed by atoms with Gasteiger partial charge in [-0.05, 0) is 27.9 Å². The minimum absolute atomic E-state index is 0. The smallest absolute Gasteiger partial charge is 0.135 e. The monoisotopic (exact) mass is 270 g/mol. The zero-order valence-corrected chi connectivity index (χ0v) is 12.1. The summed E-state index contributed by atoms with van der Waals surface area (Å²) >= 11 is 0. The Labute approximate surface area is 118 Å². The molecule has 2 atom stereocenters. The second-order valence-electron chi connectivity index (χ2n) is 5.64. The fourth-order valence-corrected chi connectivity index (χ4v) is 2.22. The quantitative estimate of drug-likeness (QED) is 0.675. The van der Waals surface area contributed by atoms with Crippen molar-refractivity contribution in [1.29, 1.82) is 0 Å². The van der Waals surface area contributed by atoms with Crippen molar-refractivity contribution in [3.05, 3.63) is 0 Å². The summed E-state index contributed by atoms with van der Waals surface area (Å²) in [7, 11) is 4.13. The second-order valence-corrected chi connectivity index (χ2v) is 5.64. The maximum atomic E-state index is 10.8. The van der Waals surface area contributed by atoms with Crippen molar-refractivity contribution in [2.45, 2.75) is 59.0 Å². The summed E-state index contributed by atoms with van der Waals surface area (Å²) in [6.45, 7) is 6.08. The first-order chi connectivity index (χ1) is 8.40. The molecule has 112 valence electrons. The van der Waals surface area contributed by atoms with Gasteiger partial charge < -0.3 is 9.80 Å². The van der Waals surface area contributed by atoms with Crippen molar-refractivity contribution in [3.63, 3.8) is 0 Å². The van der Waals surface area contributed by atoms with E-state index in [1.54, 1.807) is 0 Å². The van der Waals surface area contributed by atoms with E-state index in [1.165, 1.54) is 0 Å². The van der Waals surface area contributed by atoms with E-state index in [4.69, 9.17) is 0 Å². The van der Waals surface area contributed by atoms with Crippen molar-refractivity contribution in [1.82, 2.24) is 9.80 Å². The third-order valence-electron chi connectivity index (χ3n) is 4.04. The summed E-state index contributed by atoms with van der Waals surface area (Å²) in [5, 5.41) is 0. The molecule has 0 aromatic rings. The van der Waals surface area contributed by atoms with Gasteiger partial charge in [0.25, 0.3) is 0 Å². The second kappa shape index (κ2) is 8.43. The van der Waals surface area contributed by atoms with Crippen molar-refractivity contribution < 1.29 is 9.59 Å². The van der Waals surface area contributed by atoms with Gasteiger partial charge in [0.15, 0.2) is 0 Å². The van der Waals surface area contributed by atoms with Gasteiger partial charge in [-0.1, -0.05) is 7.43 Å². The largest absolute Gasteiger partial charge is 0.303 e. The molecule has 2 rings (SSSR count). The molecule has 2 aliphatic rings. The van der Waals surface area contributed by atoms with Gasteiger partial charge in [0.1, 0.15) is 11.6 Å². The van der Waals surface area contributed by atoms with E-state index in [1.807, 2.05) is 0 Å². The van der Waals surface area contributed by atoms with Crippen LogP contribution in [0.5, 0.6) is 0 Å². The van der Waals surface area contributed by atoms with E-state index >= 15 is 0 Å². The molecule has 0 unspecified atom stereocenters. The molecule has 0 aromatic carbocycles. The fraction of sp³-hybridized carbons (Fsp3) is 0.867. The zero-order valence-electron chi connectivity index (χ0n) is 12.1. The molecule has 0 saturated carbocycles. The first kappa shape index (κ1) is 18.3. The van der Waals surface area contributed by atoms with Gasteiger partial charge in [-0.2, -0.15) is 0 Å². The molecule has 0 spiro atoms. The third kappa shape index (κ3) is 6.30. The Bertz CT molecular complexity index is 275. The standard InChI is InChI=1S/2C7H13NO.CH4/c2*1-6-5-7(9)3-4-8(6)2;/h2*6H,3-5H2,1-2H3;1H4/t2*6-;/m10./s1. The Morgan fingerprint density at radius 2 is 1.16 bits per heavy atom. The molecule has 0 N–H and O–H groups in total. The highest BCUT2D eigenvalue weighted by Crippen LogP contribution is 2.10. The number of carbonyl (C=O) groups excluding carboxylic acids is 2. The molecule has 4 heteroatoms. The number of rotatable bonds is 0. The lowest BCUT2D eigenvalue weighted by Crippen LogP contribution is -2.37. The number of nitrogens with zero attached hydrogens (tertiary/aromatic N) is 2. The van der Waals surface area contributed by atoms with Gasteiger partial charge in [0.05, 0.1) is 0 Å². The number of Topliss-reactive ketones (excluding diaryl/α,β-unsaturated/α-hetero) is 2. The van der Waals surface area contributed by atoms with Gasteiger partial charge in [0.2, 0.25) is 0 Å². The number of ketones is 2. The Hall–Kier alpha value is -0.740. The van der Waals surface area contributed by atoms with Crippen LogP contribution < -0.4 is 0 Å². The van der Waals surface area contributed by atoms with Crippen molar-refractivity contribution in [3.8, 4) is 0 Å². The van der Waals surface area contributed by atoms with Crippen LogP contribution in [0.1, 0.15) is 47.0 Å². The van der Waals surface area contributed by atoms with Gasteiger partial charge >= 0.3 is 0 Å². The molecule has 4 nitrogen and oxygen atoms in total. The molecule has 0 aromatic heterocycles. The molecule has 0 bridgehead atoms.